The van der Waals surface area contributed by atoms with Gasteiger partial charge in [-0.2, -0.15) is 0 Å². The van der Waals surface area contributed by atoms with Crippen molar-refractivity contribution in [3.05, 3.63) is 66.9 Å². The van der Waals surface area contributed by atoms with E-state index in [9.17, 15) is 0 Å². The Balaban J connectivity index is 1.64. The van der Waals surface area contributed by atoms with Crippen LogP contribution in [0.1, 0.15) is 5.69 Å². The second-order valence-corrected chi connectivity index (χ2v) is 5.10. The SMILES string of the molecule is c1ccc(CCNc2nc3ccccc3n3cncc23)nc1. The third kappa shape index (κ3) is 2.26. The van der Waals surface area contributed by atoms with Gasteiger partial charge in [0.2, 0.25) is 0 Å². The number of nitrogens with zero attached hydrogens (tertiary/aromatic N) is 4. The van der Waals surface area contributed by atoms with E-state index in [-0.39, 0.29) is 0 Å². The van der Waals surface area contributed by atoms with Crippen LogP contribution in [0.4, 0.5) is 5.82 Å². The van der Waals surface area contributed by atoms with Gasteiger partial charge in [0, 0.05) is 24.9 Å². The number of aromatic nitrogens is 4. The van der Waals surface area contributed by atoms with E-state index in [1.165, 1.54) is 0 Å². The molecule has 0 spiro atoms. The second-order valence-electron chi connectivity index (χ2n) is 5.10. The molecule has 0 aliphatic carbocycles. The van der Waals surface area contributed by atoms with Crippen LogP contribution in [-0.4, -0.2) is 25.9 Å². The highest BCUT2D eigenvalue weighted by atomic mass is 15.1. The summed E-state index contributed by atoms with van der Waals surface area (Å²) in [5.74, 6) is 0.854. The topological polar surface area (TPSA) is 55.1 Å². The average Bonchev–Trinajstić information content (AvgIpc) is 3.06. The molecule has 0 aliphatic heterocycles. The van der Waals surface area contributed by atoms with Crippen molar-refractivity contribution >= 4 is 22.4 Å². The van der Waals surface area contributed by atoms with Gasteiger partial charge in [-0.3, -0.25) is 9.38 Å². The molecule has 3 heterocycles. The fourth-order valence-electron chi connectivity index (χ4n) is 2.59. The summed E-state index contributed by atoms with van der Waals surface area (Å²) in [6.45, 7) is 0.781. The molecule has 108 valence electrons. The molecule has 0 saturated carbocycles. The predicted molar refractivity (Wildman–Crippen MR) is 86.9 cm³/mol. The van der Waals surface area contributed by atoms with Gasteiger partial charge in [0.1, 0.15) is 5.52 Å². The third-order valence-electron chi connectivity index (χ3n) is 3.65. The first-order chi connectivity index (χ1) is 10.9. The van der Waals surface area contributed by atoms with E-state index in [0.717, 1.165) is 41.0 Å². The Labute approximate surface area is 127 Å². The van der Waals surface area contributed by atoms with Crippen LogP contribution in [0.15, 0.2) is 61.2 Å². The summed E-state index contributed by atoms with van der Waals surface area (Å²) >= 11 is 0. The van der Waals surface area contributed by atoms with Crippen LogP contribution in [0.2, 0.25) is 0 Å². The van der Waals surface area contributed by atoms with Gasteiger partial charge in [0.05, 0.1) is 23.6 Å². The molecule has 0 radical (unpaired) electrons. The summed E-state index contributed by atoms with van der Waals surface area (Å²) < 4.78 is 2.06. The lowest BCUT2D eigenvalue weighted by Gasteiger charge is -2.09. The van der Waals surface area contributed by atoms with Crippen LogP contribution in [0.5, 0.6) is 0 Å². The summed E-state index contributed by atoms with van der Waals surface area (Å²) in [4.78, 5) is 13.3. The van der Waals surface area contributed by atoms with Gasteiger partial charge in [-0.05, 0) is 24.3 Å². The Morgan fingerprint density at radius 1 is 1.00 bits per heavy atom. The molecule has 4 aromatic rings. The number of hydrogen-bond acceptors (Lipinski definition) is 4. The van der Waals surface area contributed by atoms with Crippen molar-refractivity contribution in [3.63, 3.8) is 0 Å². The fraction of sp³-hybridized carbons (Fsp3) is 0.118. The van der Waals surface area contributed by atoms with E-state index < -0.39 is 0 Å². The molecule has 0 fully saturated rings. The maximum absolute atomic E-state index is 4.71. The zero-order chi connectivity index (χ0) is 14.8. The first-order valence-electron chi connectivity index (χ1n) is 7.26. The lowest BCUT2D eigenvalue weighted by atomic mass is 10.2. The molecule has 0 saturated heterocycles. The highest BCUT2D eigenvalue weighted by molar-refractivity contribution is 5.83. The Hall–Kier alpha value is -2.95. The second kappa shape index (κ2) is 5.44. The molecule has 0 atom stereocenters. The van der Waals surface area contributed by atoms with E-state index in [0.29, 0.717) is 0 Å². The smallest absolute Gasteiger partial charge is 0.152 e. The van der Waals surface area contributed by atoms with Crippen LogP contribution in [0.25, 0.3) is 16.6 Å². The zero-order valence-corrected chi connectivity index (χ0v) is 12.0. The van der Waals surface area contributed by atoms with Crippen molar-refractivity contribution in [2.75, 3.05) is 11.9 Å². The van der Waals surface area contributed by atoms with Gasteiger partial charge in [0.25, 0.3) is 0 Å². The number of imidazole rings is 1. The number of nitrogens with one attached hydrogen (secondary N) is 1. The Bertz CT molecular complexity index is 914. The Morgan fingerprint density at radius 2 is 1.91 bits per heavy atom. The van der Waals surface area contributed by atoms with Crippen LogP contribution in [0.3, 0.4) is 0 Å². The van der Waals surface area contributed by atoms with Crippen molar-refractivity contribution < 1.29 is 0 Å². The molecule has 0 unspecified atom stereocenters. The van der Waals surface area contributed by atoms with Crippen LogP contribution < -0.4 is 5.32 Å². The molecule has 1 N–H and O–H groups in total. The minimum atomic E-state index is 0.781. The molecule has 4 rings (SSSR count). The summed E-state index contributed by atoms with van der Waals surface area (Å²) in [5, 5.41) is 3.40. The Morgan fingerprint density at radius 3 is 2.82 bits per heavy atom. The van der Waals surface area contributed by atoms with Crippen molar-refractivity contribution in [2.45, 2.75) is 6.42 Å². The highest BCUT2D eigenvalue weighted by Crippen LogP contribution is 2.21. The van der Waals surface area contributed by atoms with Gasteiger partial charge in [-0.25, -0.2) is 9.97 Å². The number of benzene rings is 1. The molecule has 3 aromatic heterocycles. The molecule has 5 nitrogen and oxygen atoms in total. The van der Waals surface area contributed by atoms with E-state index >= 15 is 0 Å². The van der Waals surface area contributed by atoms with Crippen molar-refractivity contribution in [1.29, 1.82) is 0 Å². The van der Waals surface area contributed by atoms with Crippen molar-refractivity contribution in [3.8, 4) is 0 Å². The van der Waals surface area contributed by atoms with Crippen molar-refractivity contribution in [1.82, 2.24) is 19.4 Å². The van der Waals surface area contributed by atoms with Gasteiger partial charge < -0.3 is 5.32 Å². The summed E-state index contributed by atoms with van der Waals surface area (Å²) in [5.41, 5.74) is 4.07. The molecular formula is C17H15N5. The van der Waals surface area contributed by atoms with Gasteiger partial charge in [0.15, 0.2) is 5.82 Å². The lowest BCUT2D eigenvalue weighted by Crippen LogP contribution is -2.08. The van der Waals surface area contributed by atoms with E-state index in [1.807, 2.05) is 55.1 Å². The number of hydrogen-bond donors (Lipinski definition) is 1. The maximum Gasteiger partial charge on any atom is 0.152 e. The first kappa shape index (κ1) is 12.8. The minimum Gasteiger partial charge on any atom is -0.368 e. The summed E-state index contributed by atoms with van der Waals surface area (Å²) in [6, 6.07) is 14.0. The fourth-order valence-corrected chi connectivity index (χ4v) is 2.59. The normalized spacial score (nSPS) is 11.1. The number of pyridine rings is 1. The monoisotopic (exact) mass is 289 g/mol. The van der Waals surface area contributed by atoms with E-state index in [4.69, 9.17) is 4.98 Å². The standard InChI is InChI=1S/C17H15N5/c1-2-7-15-14(6-1)21-17(16-11-18-12-22(15)16)20-10-8-13-5-3-4-9-19-13/h1-7,9,11-12H,8,10H2,(H,20,21). The molecular weight excluding hydrogens is 274 g/mol. The molecule has 1 aromatic carbocycles. The van der Waals surface area contributed by atoms with Crippen LogP contribution in [0, 0.1) is 0 Å². The largest absolute Gasteiger partial charge is 0.368 e. The van der Waals surface area contributed by atoms with Gasteiger partial charge in [-0.1, -0.05) is 18.2 Å². The number of anilines is 1. The van der Waals surface area contributed by atoms with Gasteiger partial charge >= 0.3 is 0 Å². The maximum atomic E-state index is 4.71. The van der Waals surface area contributed by atoms with E-state index in [2.05, 4.69) is 25.8 Å². The molecule has 0 aliphatic rings. The van der Waals surface area contributed by atoms with Crippen LogP contribution in [-0.2, 0) is 6.42 Å². The number of para-hydroxylation sites is 2. The quantitative estimate of drug-likeness (QED) is 0.627. The molecule has 22 heavy (non-hydrogen) atoms. The first-order valence-corrected chi connectivity index (χ1v) is 7.26. The summed E-state index contributed by atoms with van der Waals surface area (Å²) in [6.07, 6.45) is 6.33. The van der Waals surface area contributed by atoms with Crippen molar-refractivity contribution in [2.24, 2.45) is 0 Å². The highest BCUT2D eigenvalue weighted by Gasteiger charge is 2.07. The van der Waals surface area contributed by atoms with Crippen LogP contribution >= 0.6 is 0 Å². The molecule has 0 bridgehead atoms. The zero-order valence-electron chi connectivity index (χ0n) is 12.0. The minimum absolute atomic E-state index is 0.781. The number of fused-ring (bicyclic) bond motifs is 3. The van der Waals surface area contributed by atoms with E-state index in [1.54, 1.807) is 0 Å². The Kier molecular flexibility index (Phi) is 3.16. The third-order valence-corrected chi connectivity index (χ3v) is 3.65. The predicted octanol–water partition coefficient (Wildman–Crippen LogP) is 2.93. The molecule has 5 heteroatoms. The number of rotatable bonds is 4. The van der Waals surface area contributed by atoms with Gasteiger partial charge in [-0.15, -0.1) is 0 Å². The lowest BCUT2D eigenvalue weighted by molar-refractivity contribution is 0.955. The average molecular weight is 289 g/mol. The molecule has 0 amide bonds. The summed E-state index contributed by atoms with van der Waals surface area (Å²) in [7, 11) is 0.